The zero-order valence-electron chi connectivity index (χ0n) is 17.0. The molecule has 1 fully saturated rings. The van der Waals surface area contributed by atoms with Crippen LogP contribution in [0.15, 0.2) is 41.6 Å². The molecule has 0 spiro atoms. The van der Waals surface area contributed by atoms with Crippen molar-refractivity contribution in [3.8, 4) is 0 Å². The summed E-state index contributed by atoms with van der Waals surface area (Å²) in [7, 11) is -3.66. The summed E-state index contributed by atoms with van der Waals surface area (Å²) in [6.45, 7) is 12.2. The first kappa shape index (κ1) is 20.5. The van der Waals surface area contributed by atoms with Gasteiger partial charge in [-0.1, -0.05) is 32.9 Å². The number of aromatic nitrogens is 2. The zero-order valence-corrected chi connectivity index (χ0v) is 17.8. The molecule has 1 aromatic heterocycles. The second kappa shape index (κ2) is 8.45. The van der Waals surface area contributed by atoms with Gasteiger partial charge in [-0.2, -0.15) is 0 Å². The molecule has 0 amide bonds. The van der Waals surface area contributed by atoms with Gasteiger partial charge in [0, 0.05) is 25.7 Å². The molecular formula is C20H29N5O2S. The number of hydrogen-bond acceptors (Lipinski definition) is 6. The highest BCUT2D eigenvalue weighted by Gasteiger charge is 2.24. The number of rotatable bonds is 6. The van der Waals surface area contributed by atoms with Crippen LogP contribution in [-0.4, -0.2) is 55.5 Å². The molecule has 0 bridgehead atoms. The van der Waals surface area contributed by atoms with Gasteiger partial charge in [-0.05, 0) is 37.1 Å². The third-order valence-electron chi connectivity index (χ3n) is 5.20. The maximum atomic E-state index is 12.6. The van der Waals surface area contributed by atoms with E-state index in [4.69, 9.17) is 0 Å². The van der Waals surface area contributed by atoms with Crippen molar-refractivity contribution < 1.29 is 8.42 Å². The summed E-state index contributed by atoms with van der Waals surface area (Å²) < 4.78 is 27.8. The van der Waals surface area contributed by atoms with Crippen molar-refractivity contribution in [1.29, 1.82) is 0 Å². The first-order valence-corrected chi connectivity index (χ1v) is 11.2. The fourth-order valence-electron chi connectivity index (χ4n) is 3.43. The lowest BCUT2D eigenvalue weighted by molar-refractivity contribution is 0.198. The van der Waals surface area contributed by atoms with Gasteiger partial charge in [-0.25, -0.2) is 18.4 Å². The van der Waals surface area contributed by atoms with Crippen molar-refractivity contribution in [2.24, 2.45) is 0 Å². The predicted octanol–water partition coefficient (Wildman–Crippen LogP) is 2.93. The Balaban J connectivity index is 1.68. The Labute approximate surface area is 167 Å². The van der Waals surface area contributed by atoms with Crippen LogP contribution in [0.1, 0.15) is 39.2 Å². The van der Waals surface area contributed by atoms with Crippen LogP contribution < -0.4 is 9.62 Å². The summed E-state index contributed by atoms with van der Waals surface area (Å²) in [6, 6.07) is 7.38. The second-order valence-corrected chi connectivity index (χ2v) is 9.21. The monoisotopic (exact) mass is 403 g/mol. The average molecular weight is 404 g/mol. The zero-order chi connectivity index (χ0) is 20.3. The summed E-state index contributed by atoms with van der Waals surface area (Å²) >= 11 is 0. The third-order valence-corrected chi connectivity index (χ3v) is 6.60. The van der Waals surface area contributed by atoms with Crippen molar-refractivity contribution in [1.82, 2.24) is 14.9 Å². The van der Waals surface area contributed by atoms with Crippen LogP contribution in [0.25, 0.3) is 0 Å². The largest absolute Gasteiger partial charge is 0.338 e. The van der Waals surface area contributed by atoms with Crippen LogP contribution in [0.3, 0.4) is 0 Å². The van der Waals surface area contributed by atoms with E-state index in [1.54, 1.807) is 12.1 Å². The van der Waals surface area contributed by atoms with Gasteiger partial charge in [0.25, 0.3) is 10.0 Å². The molecule has 2 aromatic rings. The van der Waals surface area contributed by atoms with Gasteiger partial charge in [-0.15, -0.1) is 0 Å². The highest BCUT2D eigenvalue weighted by atomic mass is 32.2. The molecule has 3 rings (SSSR count). The number of benzene rings is 1. The molecule has 0 aliphatic carbocycles. The van der Waals surface area contributed by atoms with E-state index in [1.807, 2.05) is 12.1 Å². The number of likely N-dealkylation sites (N-methyl/N-ethyl adjacent to an activating group) is 1. The average Bonchev–Trinajstić information content (AvgIpc) is 2.68. The van der Waals surface area contributed by atoms with Gasteiger partial charge in [0.2, 0.25) is 5.95 Å². The molecule has 1 aliphatic rings. The van der Waals surface area contributed by atoms with E-state index in [0.717, 1.165) is 31.7 Å². The maximum Gasteiger partial charge on any atom is 0.261 e. The molecule has 152 valence electrons. The Morgan fingerprint density at radius 3 is 2.32 bits per heavy atom. The lowest BCUT2D eigenvalue weighted by Crippen LogP contribution is -2.52. The molecule has 28 heavy (non-hydrogen) atoms. The van der Waals surface area contributed by atoms with Crippen molar-refractivity contribution in [3.05, 3.63) is 42.2 Å². The minimum absolute atomic E-state index is 0.227. The normalized spacial score (nSPS) is 18.5. The Hall–Kier alpha value is -2.19. The first-order chi connectivity index (χ1) is 13.3. The topological polar surface area (TPSA) is 78.4 Å². The summed E-state index contributed by atoms with van der Waals surface area (Å²) in [5.74, 6) is 0.986. The van der Waals surface area contributed by atoms with Crippen molar-refractivity contribution >= 4 is 21.7 Å². The van der Waals surface area contributed by atoms with Gasteiger partial charge in [0.1, 0.15) is 0 Å². The highest BCUT2D eigenvalue weighted by molar-refractivity contribution is 7.92. The van der Waals surface area contributed by atoms with Gasteiger partial charge in [-0.3, -0.25) is 9.62 Å². The number of anilines is 2. The standard InChI is InChI=1S/C20H29N5O2S/c1-5-24-10-11-25(14-16(24)4)20-21-12-18(13-22-20)23-28(26,27)19-8-6-17(7-9-19)15(2)3/h6-9,12-13,15-16,23H,5,10-11,14H2,1-4H3/t16-/m0/s1. The molecule has 1 aromatic carbocycles. The van der Waals surface area contributed by atoms with E-state index in [1.165, 1.54) is 12.4 Å². The molecule has 7 nitrogen and oxygen atoms in total. The fraction of sp³-hybridized carbons (Fsp3) is 0.500. The summed E-state index contributed by atoms with van der Waals surface area (Å²) in [5.41, 5.74) is 1.46. The maximum absolute atomic E-state index is 12.6. The van der Waals surface area contributed by atoms with E-state index >= 15 is 0 Å². The fourth-order valence-corrected chi connectivity index (χ4v) is 4.46. The molecule has 1 N–H and O–H groups in total. The second-order valence-electron chi connectivity index (χ2n) is 7.52. The van der Waals surface area contributed by atoms with E-state index in [9.17, 15) is 8.42 Å². The van der Waals surface area contributed by atoms with Crippen LogP contribution in [0, 0.1) is 0 Å². The van der Waals surface area contributed by atoms with Gasteiger partial charge >= 0.3 is 0 Å². The number of nitrogens with zero attached hydrogens (tertiary/aromatic N) is 4. The molecule has 0 saturated carbocycles. The van der Waals surface area contributed by atoms with Crippen molar-refractivity contribution in [2.45, 2.75) is 44.6 Å². The van der Waals surface area contributed by atoms with Crippen LogP contribution in [0.4, 0.5) is 11.6 Å². The predicted molar refractivity (Wildman–Crippen MR) is 112 cm³/mol. The van der Waals surface area contributed by atoms with Crippen LogP contribution in [0.5, 0.6) is 0 Å². The third kappa shape index (κ3) is 4.62. The molecule has 0 radical (unpaired) electrons. The Morgan fingerprint density at radius 1 is 1.14 bits per heavy atom. The Kier molecular flexibility index (Phi) is 6.20. The van der Waals surface area contributed by atoms with Crippen molar-refractivity contribution in [2.75, 3.05) is 35.8 Å². The summed E-state index contributed by atoms with van der Waals surface area (Å²) in [4.78, 5) is 13.5. The minimum Gasteiger partial charge on any atom is -0.338 e. The first-order valence-electron chi connectivity index (χ1n) is 9.74. The molecule has 1 aliphatic heterocycles. The number of nitrogens with one attached hydrogen (secondary N) is 1. The van der Waals surface area contributed by atoms with Crippen LogP contribution >= 0.6 is 0 Å². The Bertz CT molecular complexity index is 882. The van der Waals surface area contributed by atoms with E-state index in [2.05, 4.69) is 52.2 Å². The molecule has 1 atom stereocenters. The number of sulfonamides is 1. The van der Waals surface area contributed by atoms with Crippen LogP contribution in [0.2, 0.25) is 0 Å². The minimum atomic E-state index is -3.66. The Morgan fingerprint density at radius 2 is 1.79 bits per heavy atom. The smallest absolute Gasteiger partial charge is 0.261 e. The van der Waals surface area contributed by atoms with E-state index in [0.29, 0.717) is 23.6 Å². The molecule has 0 unspecified atom stereocenters. The van der Waals surface area contributed by atoms with E-state index in [-0.39, 0.29) is 4.90 Å². The number of piperazine rings is 1. The SMILES string of the molecule is CCN1CCN(c2ncc(NS(=O)(=O)c3ccc(C(C)C)cc3)cn2)C[C@@H]1C. The quantitative estimate of drug-likeness (QED) is 0.799. The lowest BCUT2D eigenvalue weighted by Gasteiger charge is -2.39. The van der Waals surface area contributed by atoms with Gasteiger partial charge in [0.05, 0.1) is 23.0 Å². The molecule has 2 heterocycles. The van der Waals surface area contributed by atoms with Crippen molar-refractivity contribution in [3.63, 3.8) is 0 Å². The highest BCUT2D eigenvalue weighted by Crippen LogP contribution is 2.20. The summed E-state index contributed by atoms with van der Waals surface area (Å²) in [6.07, 6.45) is 3.05. The summed E-state index contributed by atoms with van der Waals surface area (Å²) in [5, 5.41) is 0. The molecule has 8 heteroatoms. The van der Waals surface area contributed by atoms with Crippen LogP contribution in [-0.2, 0) is 10.0 Å². The van der Waals surface area contributed by atoms with Gasteiger partial charge in [0.15, 0.2) is 0 Å². The molecular weight excluding hydrogens is 374 g/mol. The number of hydrogen-bond donors (Lipinski definition) is 1. The van der Waals surface area contributed by atoms with E-state index < -0.39 is 10.0 Å². The van der Waals surface area contributed by atoms with Gasteiger partial charge < -0.3 is 4.90 Å². The molecule has 1 saturated heterocycles. The lowest BCUT2D eigenvalue weighted by atomic mass is 10.0.